The van der Waals surface area contributed by atoms with Gasteiger partial charge in [-0.3, -0.25) is 0 Å². The number of para-hydroxylation sites is 3. The van der Waals surface area contributed by atoms with Gasteiger partial charge in [-0.1, -0.05) is 62.4 Å². The average molecular weight is 321 g/mol. The Kier molecular flexibility index (Phi) is 6.76. The maximum Gasteiger partial charge on any atom is 0.0597 e. The highest BCUT2D eigenvalue weighted by Gasteiger charge is 2.14. The largest absolute Gasteiger partial charge is 0.309 e. The summed E-state index contributed by atoms with van der Waals surface area (Å²) in [5.41, 5.74) is 3.55. The van der Waals surface area contributed by atoms with Gasteiger partial charge in [-0.05, 0) is 42.7 Å². The fourth-order valence-corrected chi connectivity index (χ4v) is 2.98. The van der Waals surface area contributed by atoms with E-state index in [1.807, 2.05) is 26.0 Å². The molecule has 3 rings (SSSR count). The summed E-state index contributed by atoms with van der Waals surface area (Å²) >= 11 is 1.77. The van der Waals surface area contributed by atoms with Crippen LogP contribution in [-0.2, 0) is 0 Å². The quantitative estimate of drug-likeness (QED) is 0.480. The van der Waals surface area contributed by atoms with Gasteiger partial charge in [0, 0.05) is 16.3 Å². The smallest absolute Gasteiger partial charge is 0.0597 e. The molecule has 0 radical (unpaired) electrons. The Hall–Kier alpha value is -2.19. The average Bonchev–Trinajstić information content (AvgIpc) is 2.66. The van der Waals surface area contributed by atoms with Gasteiger partial charge in [-0.25, -0.2) is 0 Å². The molecule has 1 nitrogen and oxygen atoms in total. The van der Waals surface area contributed by atoms with Gasteiger partial charge < -0.3 is 4.90 Å². The van der Waals surface area contributed by atoms with Crippen LogP contribution >= 0.6 is 11.8 Å². The summed E-state index contributed by atoms with van der Waals surface area (Å²) in [5.74, 6) is 0. The van der Waals surface area contributed by atoms with Crippen LogP contribution in [0.1, 0.15) is 13.8 Å². The molecule has 0 spiro atoms. The molecule has 2 heteroatoms. The molecular formula is C21H23NS. The second-order valence-electron chi connectivity index (χ2n) is 4.68. The summed E-state index contributed by atoms with van der Waals surface area (Å²) in [6.07, 6.45) is 2.12. The molecule has 0 atom stereocenters. The molecule has 0 bridgehead atoms. The monoisotopic (exact) mass is 321 g/mol. The number of hydrogen-bond acceptors (Lipinski definition) is 2. The van der Waals surface area contributed by atoms with E-state index in [1.54, 1.807) is 11.8 Å². The van der Waals surface area contributed by atoms with Crippen LogP contribution in [0.2, 0.25) is 0 Å². The van der Waals surface area contributed by atoms with Crippen molar-refractivity contribution < 1.29 is 0 Å². The first-order valence-corrected chi connectivity index (χ1v) is 9.16. The third kappa shape index (κ3) is 4.17. The van der Waals surface area contributed by atoms with E-state index in [9.17, 15) is 0 Å². The lowest BCUT2D eigenvalue weighted by Gasteiger charge is -2.27. The van der Waals surface area contributed by atoms with E-state index in [2.05, 4.69) is 84.0 Å². The molecule has 0 amide bonds. The lowest BCUT2D eigenvalue weighted by Crippen LogP contribution is -2.10. The number of anilines is 3. The van der Waals surface area contributed by atoms with Gasteiger partial charge in [0.2, 0.25) is 0 Å². The third-order valence-electron chi connectivity index (χ3n) is 3.35. The van der Waals surface area contributed by atoms with Crippen molar-refractivity contribution in [1.29, 1.82) is 0 Å². The summed E-state index contributed by atoms with van der Waals surface area (Å²) in [7, 11) is 0. The van der Waals surface area contributed by atoms with Gasteiger partial charge >= 0.3 is 0 Å². The molecule has 0 aliphatic heterocycles. The van der Waals surface area contributed by atoms with Gasteiger partial charge in [-0.2, -0.15) is 0 Å². The molecule has 23 heavy (non-hydrogen) atoms. The lowest BCUT2D eigenvalue weighted by atomic mass is 10.2. The number of nitrogens with zero attached hydrogens (tertiary/aromatic N) is 1. The third-order valence-corrected chi connectivity index (χ3v) is 4.14. The first kappa shape index (κ1) is 17.2. The maximum absolute atomic E-state index is 2.30. The van der Waals surface area contributed by atoms with E-state index in [0.29, 0.717) is 0 Å². The SMILES string of the molecule is CC.CSc1ccccc1N(c1ccccc1)c1ccccc1. The molecule has 0 aliphatic rings. The normalized spacial score (nSPS) is 9.70. The number of benzene rings is 3. The number of thioether (sulfide) groups is 1. The van der Waals surface area contributed by atoms with Crippen LogP contribution in [0.4, 0.5) is 17.1 Å². The highest BCUT2D eigenvalue weighted by Crippen LogP contribution is 2.39. The number of rotatable bonds is 4. The van der Waals surface area contributed by atoms with Crippen molar-refractivity contribution in [2.24, 2.45) is 0 Å². The second-order valence-corrected chi connectivity index (χ2v) is 5.53. The van der Waals surface area contributed by atoms with Crippen LogP contribution in [-0.4, -0.2) is 6.26 Å². The molecule has 0 unspecified atom stereocenters. The van der Waals surface area contributed by atoms with E-state index >= 15 is 0 Å². The minimum Gasteiger partial charge on any atom is -0.309 e. The summed E-state index contributed by atoms with van der Waals surface area (Å²) in [6, 6.07) is 29.5. The second kappa shape index (κ2) is 9.06. The van der Waals surface area contributed by atoms with E-state index in [-0.39, 0.29) is 0 Å². The highest BCUT2D eigenvalue weighted by atomic mass is 32.2. The predicted octanol–water partition coefficient (Wildman–Crippen LogP) is 6.90. The first-order chi connectivity index (χ1) is 11.4. The summed E-state index contributed by atoms with van der Waals surface area (Å²) in [4.78, 5) is 3.57. The lowest BCUT2D eigenvalue weighted by molar-refractivity contribution is 1.23. The van der Waals surface area contributed by atoms with Crippen molar-refractivity contribution in [3.63, 3.8) is 0 Å². The van der Waals surface area contributed by atoms with Crippen molar-refractivity contribution in [3.05, 3.63) is 84.9 Å². The molecule has 0 saturated carbocycles. The van der Waals surface area contributed by atoms with Gasteiger partial charge in [0.15, 0.2) is 0 Å². The predicted molar refractivity (Wildman–Crippen MR) is 104 cm³/mol. The zero-order chi connectivity index (χ0) is 16.5. The fourth-order valence-electron chi connectivity index (χ4n) is 2.40. The molecule has 0 aromatic heterocycles. The van der Waals surface area contributed by atoms with E-state index < -0.39 is 0 Å². The maximum atomic E-state index is 2.30. The van der Waals surface area contributed by atoms with Crippen molar-refractivity contribution >= 4 is 28.8 Å². The van der Waals surface area contributed by atoms with Gasteiger partial charge in [-0.15, -0.1) is 11.8 Å². The molecule has 0 saturated heterocycles. The van der Waals surface area contributed by atoms with Crippen LogP contribution < -0.4 is 4.90 Å². The van der Waals surface area contributed by atoms with E-state index in [0.717, 1.165) is 0 Å². The van der Waals surface area contributed by atoms with Gasteiger partial charge in [0.1, 0.15) is 0 Å². The van der Waals surface area contributed by atoms with Crippen LogP contribution in [0.5, 0.6) is 0 Å². The zero-order valence-corrected chi connectivity index (χ0v) is 14.8. The minimum absolute atomic E-state index is 1.17. The molecule has 118 valence electrons. The van der Waals surface area contributed by atoms with Crippen molar-refractivity contribution in [1.82, 2.24) is 0 Å². The minimum atomic E-state index is 1.17. The van der Waals surface area contributed by atoms with E-state index in [4.69, 9.17) is 0 Å². The highest BCUT2D eigenvalue weighted by molar-refractivity contribution is 7.98. The molecular weight excluding hydrogens is 298 g/mol. The Labute approximate surface area is 144 Å². The summed E-state index contributed by atoms with van der Waals surface area (Å²) in [6.45, 7) is 4.00. The molecule has 0 N–H and O–H groups in total. The molecule has 3 aromatic rings. The molecule has 0 fully saturated rings. The first-order valence-electron chi connectivity index (χ1n) is 7.93. The number of hydrogen-bond donors (Lipinski definition) is 0. The molecule has 0 aliphatic carbocycles. The Morgan fingerprint density at radius 1 is 0.609 bits per heavy atom. The van der Waals surface area contributed by atoms with Crippen LogP contribution in [0.3, 0.4) is 0 Å². The zero-order valence-electron chi connectivity index (χ0n) is 13.9. The standard InChI is InChI=1S/C19H17NS.C2H6/c1-21-19-15-9-8-14-18(19)20(16-10-4-2-5-11-16)17-12-6-3-7-13-17;1-2/h2-15H,1H3;1-2H3. The van der Waals surface area contributed by atoms with Gasteiger partial charge in [0.05, 0.1) is 5.69 Å². The Balaban J connectivity index is 0.000000924. The van der Waals surface area contributed by atoms with Crippen LogP contribution in [0.15, 0.2) is 89.8 Å². The van der Waals surface area contributed by atoms with Crippen molar-refractivity contribution in [3.8, 4) is 0 Å². The Bertz CT molecular complexity index is 656. The van der Waals surface area contributed by atoms with Crippen molar-refractivity contribution in [2.75, 3.05) is 11.2 Å². The summed E-state index contributed by atoms with van der Waals surface area (Å²) < 4.78 is 0. The molecule has 3 aromatic carbocycles. The van der Waals surface area contributed by atoms with Crippen LogP contribution in [0.25, 0.3) is 0 Å². The Morgan fingerprint density at radius 2 is 1.04 bits per heavy atom. The molecule has 0 heterocycles. The summed E-state index contributed by atoms with van der Waals surface area (Å²) in [5, 5.41) is 0. The van der Waals surface area contributed by atoms with Crippen molar-refractivity contribution in [2.45, 2.75) is 18.7 Å². The topological polar surface area (TPSA) is 3.24 Å². The van der Waals surface area contributed by atoms with Gasteiger partial charge in [0.25, 0.3) is 0 Å². The fraction of sp³-hybridized carbons (Fsp3) is 0.143. The van der Waals surface area contributed by atoms with E-state index in [1.165, 1.54) is 22.0 Å². The van der Waals surface area contributed by atoms with Crippen LogP contribution in [0, 0.1) is 0 Å². The Morgan fingerprint density at radius 3 is 1.52 bits per heavy atom.